The Bertz CT molecular complexity index is 1610. The first-order chi connectivity index (χ1) is 20.2. The van der Waals surface area contributed by atoms with E-state index in [-0.39, 0.29) is 24.1 Å². The highest BCUT2D eigenvalue weighted by atomic mass is 16.6. The molecule has 11 nitrogen and oxygen atoms in total. The molecule has 2 aliphatic rings. The predicted molar refractivity (Wildman–Crippen MR) is 160 cm³/mol. The average Bonchev–Trinajstić information content (AvgIpc) is 3.41. The summed E-state index contributed by atoms with van der Waals surface area (Å²) >= 11 is 0. The van der Waals surface area contributed by atoms with Crippen molar-refractivity contribution in [3.8, 4) is 0 Å². The maximum atomic E-state index is 13.4. The largest absolute Gasteiger partial charge is 0.444 e. The van der Waals surface area contributed by atoms with E-state index in [1.165, 1.54) is 0 Å². The fourth-order valence-corrected chi connectivity index (χ4v) is 6.00. The number of nitrogens with one attached hydrogen (secondary N) is 1. The summed E-state index contributed by atoms with van der Waals surface area (Å²) in [5, 5.41) is 8.82. The van der Waals surface area contributed by atoms with Gasteiger partial charge in [0.2, 0.25) is 5.95 Å². The van der Waals surface area contributed by atoms with Crippen molar-refractivity contribution in [3.63, 3.8) is 0 Å². The number of hydrogen-bond donors (Lipinski definition) is 1. The van der Waals surface area contributed by atoms with Crippen molar-refractivity contribution in [2.45, 2.75) is 77.5 Å². The third-order valence-corrected chi connectivity index (χ3v) is 7.99. The molecule has 2 amide bonds. The van der Waals surface area contributed by atoms with Crippen LogP contribution in [-0.4, -0.2) is 73.1 Å². The molecule has 1 atom stereocenters. The van der Waals surface area contributed by atoms with Crippen LogP contribution >= 0.6 is 0 Å². The van der Waals surface area contributed by atoms with Crippen LogP contribution in [0, 0.1) is 6.92 Å². The Hall–Kier alpha value is -3.99. The van der Waals surface area contributed by atoms with E-state index in [0.29, 0.717) is 24.6 Å². The van der Waals surface area contributed by atoms with E-state index in [4.69, 9.17) is 19.6 Å². The number of likely N-dealkylation sites (tertiary alicyclic amines) is 1. The minimum Gasteiger partial charge on any atom is -0.444 e. The predicted octanol–water partition coefficient (Wildman–Crippen LogP) is 5.66. The van der Waals surface area contributed by atoms with Crippen molar-refractivity contribution < 1.29 is 19.1 Å². The first kappa shape index (κ1) is 28.1. The fraction of sp³-hybridized carbons (Fsp3) is 0.516. The van der Waals surface area contributed by atoms with Crippen molar-refractivity contribution in [3.05, 3.63) is 47.9 Å². The number of imidazole rings is 1. The molecule has 1 N–H and O–H groups in total. The van der Waals surface area contributed by atoms with Crippen LogP contribution in [0.2, 0.25) is 0 Å². The number of fused-ring (bicyclic) bond motifs is 2. The topological polar surface area (TPSA) is 116 Å². The van der Waals surface area contributed by atoms with Crippen molar-refractivity contribution in [1.29, 1.82) is 0 Å². The van der Waals surface area contributed by atoms with Crippen LogP contribution in [0.5, 0.6) is 0 Å². The molecule has 11 heteroatoms. The van der Waals surface area contributed by atoms with Crippen LogP contribution in [0.3, 0.4) is 0 Å². The van der Waals surface area contributed by atoms with Crippen LogP contribution in [0.4, 0.5) is 10.7 Å². The minimum absolute atomic E-state index is 0.114. The molecule has 222 valence electrons. The number of aromatic nitrogens is 5. The van der Waals surface area contributed by atoms with Gasteiger partial charge in [-0.25, -0.2) is 9.78 Å². The molecule has 0 saturated carbocycles. The Morgan fingerprint density at radius 1 is 1.05 bits per heavy atom. The molecule has 0 aliphatic carbocycles. The Labute approximate surface area is 245 Å². The molecule has 5 heterocycles. The number of benzene rings is 1. The first-order valence-electron chi connectivity index (χ1n) is 14.9. The van der Waals surface area contributed by atoms with Crippen molar-refractivity contribution in [2.24, 2.45) is 0 Å². The Morgan fingerprint density at radius 2 is 1.86 bits per heavy atom. The number of carbonyl (C=O) groups excluding carboxylic acids is 2. The SMILES string of the molecule is Cc1cc(C(=O)Nc2nc3cc4cnn(C5CCOCC5)c4cc3n2C2CCCCN(C(=O)OC(C)(C)C)C2)ccn1. The van der Waals surface area contributed by atoms with Gasteiger partial charge >= 0.3 is 6.09 Å². The third-order valence-electron chi connectivity index (χ3n) is 7.99. The lowest BCUT2D eigenvalue weighted by Crippen LogP contribution is -2.39. The zero-order valence-electron chi connectivity index (χ0n) is 24.8. The van der Waals surface area contributed by atoms with Gasteiger partial charge in [0.25, 0.3) is 5.91 Å². The summed E-state index contributed by atoms with van der Waals surface area (Å²) in [6.45, 7) is 10.0. The molecule has 2 saturated heterocycles. The Morgan fingerprint density at radius 3 is 2.62 bits per heavy atom. The molecule has 3 aromatic heterocycles. The molecule has 4 aromatic rings. The quantitative estimate of drug-likeness (QED) is 0.335. The van der Waals surface area contributed by atoms with Crippen LogP contribution < -0.4 is 5.32 Å². The summed E-state index contributed by atoms with van der Waals surface area (Å²) in [5.41, 5.74) is 3.37. The van der Waals surface area contributed by atoms with Crippen LogP contribution in [0.25, 0.3) is 21.9 Å². The highest BCUT2D eigenvalue weighted by molar-refractivity contribution is 6.04. The molecule has 42 heavy (non-hydrogen) atoms. The molecule has 1 aromatic carbocycles. The van der Waals surface area contributed by atoms with Crippen molar-refractivity contribution in [1.82, 2.24) is 29.2 Å². The number of hydrogen-bond acceptors (Lipinski definition) is 7. The molecule has 2 aliphatic heterocycles. The lowest BCUT2D eigenvalue weighted by molar-refractivity contribution is 0.0238. The monoisotopic (exact) mass is 573 g/mol. The van der Waals surface area contributed by atoms with Gasteiger partial charge in [-0.3, -0.25) is 19.8 Å². The van der Waals surface area contributed by atoms with Gasteiger partial charge in [0.1, 0.15) is 5.60 Å². The molecule has 0 radical (unpaired) electrons. The number of pyridine rings is 1. The van der Waals surface area contributed by atoms with Crippen molar-refractivity contribution in [2.75, 3.05) is 31.6 Å². The lowest BCUT2D eigenvalue weighted by Gasteiger charge is -2.29. The minimum atomic E-state index is -0.587. The second-order valence-electron chi connectivity index (χ2n) is 12.4. The summed E-state index contributed by atoms with van der Waals surface area (Å²) in [7, 11) is 0. The van der Waals surface area contributed by atoms with Gasteiger partial charge in [0.05, 0.1) is 34.8 Å². The Balaban J connectivity index is 1.43. The summed E-state index contributed by atoms with van der Waals surface area (Å²) in [6.07, 6.45) is 7.66. The summed E-state index contributed by atoms with van der Waals surface area (Å²) < 4.78 is 15.5. The third kappa shape index (κ3) is 5.83. The van der Waals surface area contributed by atoms with Gasteiger partial charge in [0, 0.05) is 49.1 Å². The summed E-state index contributed by atoms with van der Waals surface area (Å²) in [4.78, 5) is 37.5. The van der Waals surface area contributed by atoms with Crippen LogP contribution in [0.1, 0.15) is 81.0 Å². The fourth-order valence-electron chi connectivity index (χ4n) is 6.00. The van der Waals surface area contributed by atoms with Gasteiger partial charge in [-0.05, 0) is 84.1 Å². The molecule has 6 rings (SSSR count). The normalized spacial score (nSPS) is 18.8. The molecule has 2 fully saturated rings. The number of aryl methyl sites for hydroxylation is 1. The van der Waals surface area contributed by atoms with E-state index in [9.17, 15) is 9.59 Å². The van der Waals surface area contributed by atoms with E-state index < -0.39 is 5.60 Å². The van der Waals surface area contributed by atoms with Gasteiger partial charge in [0.15, 0.2) is 0 Å². The van der Waals surface area contributed by atoms with Gasteiger partial charge in [-0.1, -0.05) is 0 Å². The number of rotatable bonds is 4. The maximum absolute atomic E-state index is 13.4. The summed E-state index contributed by atoms with van der Waals surface area (Å²) in [6, 6.07) is 7.78. The second kappa shape index (κ2) is 11.4. The molecule has 0 bridgehead atoms. The summed E-state index contributed by atoms with van der Waals surface area (Å²) in [5.74, 6) is 0.200. The van der Waals surface area contributed by atoms with E-state index >= 15 is 0 Å². The zero-order valence-corrected chi connectivity index (χ0v) is 24.8. The van der Waals surface area contributed by atoms with E-state index in [0.717, 1.165) is 72.9 Å². The number of nitrogens with zero attached hydrogens (tertiary/aromatic N) is 6. The van der Waals surface area contributed by atoms with E-state index in [1.54, 1.807) is 23.2 Å². The molecular weight excluding hydrogens is 534 g/mol. The van der Waals surface area contributed by atoms with Crippen LogP contribution in [-0.2, 0) is 9.47 Å². The number of ether oxygens (including phenoxy) is 2. The smallest absolute Gasteiger partial charge is 0.410 e. The maximum Gasteiger partial charge on any atom is 0.410 e. The van der Waals surface area contributed by atoms with Gasteiger partial charge in [-0.2, -0.15) is 5.10 Å². The number of amides is 2. The van der Waals surface area contributed by atoms with E-state index in [1.807, 2.05) is 40.0 Å². The average molecular weight is 574 g/mol. The van der Waals surface area contributed by atoms with E-state index in [2.05, 4.69) is 25.6 Å². The number of anilines is 1. The standard InChI is InChI=1S/C31H39N7O4/c1-20-15-21(8-11-32-20)28(39)35-29-34-25-16-22-18-33-38(23-9-13-41-14-10-23)26(22)17-27(25)37(29)24-7-5-6-12-36(19-24)30(40)42-31(2,3)4/h8,11,15-18,23-24H,5-7,9-10,12-14,19H2,1-4H3,(H,34,35,39). The van der Waals surface area contributed by atoms with Gasteiger partial charge < -0.3 is 18.9 Å². The van der Waals surface area contributed by atoms with Crippen molar-refractivity contribution >= 4 is 39.9 Å². The van der Waals surface area contributed by atoms with Crippen LogP contribution in [0.15, 0.2) is 36.7 Å². The zero-order chi connectivity index (χ0) is 29.4. The Kier molecular flexibility index (Phi) is 7.61. The highest BCUT2D eigenvalue weighted by Gasteiger charge is 2.30. The first-order valence-corrected chi connectivity index (χ1v) is 14.9. The lowest BCUT2D eigenvalue weighted by atomic mass is 10.1. The molecule has 0 spiro atoms. The van der Waals surface area contributed by atoms with Gasteiger partial charge in [-0.15, -0.1) is 0 Å². The number of carbonyl (C=O) groups is 2. The molecular formula is C31H39N7O4. The highest BCUT2D eigenvalue weighted by Crippen LogP contribution is 2.34. The second-order valence-corrected chi connectivity index (χ2v) is 12.4. The molecule has 1 unspecified atom stereocenters.